The lowest BCUT2D eigenvalue weighted by Gasteiger charge is -2.32. The normalized spacial score (nSPS) is 16.0. The number of amides is 1. The number of carboxylic acid groups (broad SMARTS) is 1. The molecule has 0 saturated carbocycles. The van der Waals surface area contributed by atoms with E-state index in [4.69, 9.17) is 20.8 Å². The average molecular weight is 483 g/mol. The molecule has 7 nitrogen and oxygen atoms in total. The smallest absolute Gasteiger partial charge is 0.326 e. The number of hydrogen-bond donors (Lipinski definition) is 1. The molecule has 0 aliphatic carbocycles. The summed E-state index contributed by atoms with van der Waals surface area (Å²) in [5.74, 6) is 0.580. The Morgan fingerprint density at radius 2 is 1.97 bits per heavy atom. The van der Waals surface area contributed by atoms with Gasteiger partial charge in [0.1, 0.15) is 29.9 Å². The molecule has 0 bridgehead atoms. The van der Waals surface area contributed by atoms with E-state index in [-0.39, 0.29) is 12.5 Å². The topological polar surface area (TPSA) is 92.9 Å². The molecule has 1 aliphatic rings. The third kappa shape index (κ3) is 4.80. The molecule has 1 aliphatic heterocycles. The minimum atomic E-state index is -0.959. The lowest BCUT2D eigenvalue weighted by atomic mass is 9.83. The van der Waals surface area contributed by atoms with E-state index in [2.05, 4.69) is 4.98 Å². The minimum Gasteiger partial charge on any atom is -0.487 e. The van der Waals surface area contributed by atoms with E-state index in [0.717, 1.165) is 11.1 Å². The molecule has 1 aromatic heterocycles. The number of rotatable bonds is 7. The number of aromatic nitrogens is 1. The van der Waals surface area contributed by atoms with Crippen LogP contribution in [-0.2, 0) is 21.6 Å². The van der Waals surface area contributed by atoms with Crippen molar-refractivity contribution < 1.29 is 23.8 Å². The van der Waals surface area contributed by atoms with Crippen molar-refractivity contribution in [2.24, 2.45) is 0 Å². The summed E-state index contributed by atoms with van der Waals surface area (Å²) in [6, 6.07) is 13.8. The molecule has 34 heavy (non-hydrogen) atoms. The molecule has 178 valence electrons. The lowest BCUT2D eigenvalue weighted by Crippen LogP contribution is -2.48. The van der Waals surface area contributed by atoms with Crippen molar-refractivity contribution in [2.75, 3.05) is 6.54 Å². The van der Waals surface area contributed by atoms with Gasteiger partial charge in [0.2, 0.25) is 11.8 Å². The van der Waals surface area contributed by atoms with E-state index in [1.54, 1.807) is 12.1 Å². The highest BCUT2D eigenvalue weighted by Crippen LogP contribution is 2.32. The van der Waals surface area contributed by atoms with Crippen molar-refractivity contribution >= 4 is 23.5 Å². The maximum Gasteiger partial charge on any atom is 0.326 e. The highest BCUT2D eigenvalue weighted by Gasteiger charge is 2.41. The number of aryl methyl sites for hydroxylation is 1. The molecule has 2 heterocycles. The maximum atomic E-state index is 13.3. The van der Waals surface area contributed by atoms with Crippen LogP contribution in [0.15, 0.2) is 52.9 Å². The van der Waals surface area contributed by atoms with Crippen molar-refractivity contribution in [3.8, 4) is 17.2 Å². The average Bonchev–Trinajstić information content (AvgIpc) is 3.45. The Morgan fingerprint density at radius 3 is 2.68 bits per heavy atom. The van der Waals surface area contributed by atoms with Gasteiger partial charge in [0.05, 0.1) is 5.41 Å². The molecule has 1 fully saturated rings. The Balaban J connectivity index is 1.48. The van der Waals surface area contributed by atoms with Gasteiger partial charge < -0.3 is 19.2 Å². The zero-order chi connectivity index (χ0) is 24.5. The van der Waals surface area contributed by atoms with Crippen LogP contribution in [0.25, 0.3) is 11.5 Å². The molecule has 1 amide bonds. The number of carbonyl (C=O) groups is 2. The zero-order valence-electron chi connectivity index (χ0n) is 19.4. The standard InChI is InChI=1S/C26H27ClN2O5/c1-16-21(28-23(34-16)17-9-11-19(27)12-10-17)15-33-20-7-4-6-18(14-20)26(2,3)25(32)29-13-5-8-22(29)24(30)31/h4,6-7,9-12,14,22H,5,8,13,15H2,1-3H3,(H,30,31). The summed E-state index contributed by atoms with van der Waals surface area (Å²) in [5, 5.41) is 10.1. The highest BCUT2D eigenvalue weighted by atomic mass is 35.5. The molecule has 1 N–H and O–H groups in total. The molecule has 2 aromatic carbocycles. The van der Waals surface area contributed by atoms with Gasteiger partial charge in [-0.3, -0.25) is 4.79 Å². The summed E-state index contributed by atoms with van der Waals surface area (Å²) in [6.07, 6.45) is 1.17. The first-order chi connectivity index (χ1) is 16.2. The Labute approximate surface area is 203 Å². The monoisotopic (exact) mass is 482 g/mol. The number of carboxylic acids is 1. The third-order valence-electron chi connectivity index (χ3n) is 6.25. The van der Waals surface area contributed by atoms with Crippen LogP contribution in [0.4, 0.5) is 0 Å². The largest absolute Gasteiger partial charge is 0.487 e. The summed E-state index contributed by atoms with van der Waals surface area (Å²) in [4.78, 5) is 30.9. The first-order valence-electron chi connectivity index (χ1n) is 11.2. The lowest BCUT2D eigenvalue weighted by molar-refractivity contribution is -0.150. The second-order valence-electron chi connectivity index (χ2n) is 8.97. The SMILES string of the molecule is Cc1oc(-c2ccc(Cl)cc2)nc1COc1cccc(C(C)(C)C(=O)N2CCCC2C(=O)O)c1. The van der Waals surface area contributed by atoms with Gasteiger partial charge in [-0.1, -0.05) is 23.7 Å². The summed E-state index contributed by atoms with van der Waals surface area (Å²) in [5.41, 5.74) is 1.35. The van der Waals surface area contributed by atoms with Gasteiger partial charge in [0.15, 0.2) is 0 Å². The number of nitrogens with zero attached hydrogens (tertiary/aromatic N) is 2. The van der Waals surface area contributed by atoms with Gasteiger partial charge in [0.25, 0.3) is 0 Å². The molecular formula is C26H27ClN2O5. The molecular weight excluding hydrogens is 456 g/mol. The summed E-state index contributed by atoms with van der Waals surface area (Å²) < 4.78 is 11.8. The Bertz CT molecular complexity index is 1200. The molecule has 8 heteroatoms. The van der Waals surface area contributed by atoms with Gasteiger partial charge in [0, 0.05) is 17.1 Å². The summed E-state index contributed by atoms with van der Waals surface area (Å²) >= 11 is 5.95. The predicted octanol–water partition coefficient (Wildman–Crippen LogP) is 5.24. The predicted molar refractivity (Wildman–Crippen MR) is 128 cm³/mol. The van der Waals surface area contributed by atoms with Crippen LogP contribution in [0.1, 0.15) is 43.7 Å². The van der Waals surface area contributed by atoms with Crippen LogP contribution in [0.3, 0.4) is 0 Å². The summed E-state index contributed by atoms with van der Waals surface area (Å²) in [7, 11) is 0. The van der Waals surface area contributed by atoms with Crippen LogP contribution in [0.5, 0.6) is 5.75 Å². The fourth-order valence-electron chi connectivity index (χ4n) is 4.15. The molecule has 1 atom stereocenters. The second-order valence-corrected chi connectivity index (χ2v) is 9.40. The molecule has 0 spiro atoms. The minimum absolute atomic E-state index is 0.200. The molecule has 3 aromatic rings. The van der Waals surface area contributed by atoms with E-state index in [9.17, 15) is 14.7 Å². The molecule has 4 rings (SSSR count). The Morgan fingerprint density at radius 1 is 1.24 bits per heavy atom. The van der Waals surface area contributed by atoms with Gasteiger partial charge >= 0.3 is 5.97 Å². The van der Waals surface area contributed by atoms with Crippen molar-refractivity contribution in [1.82, 2.24) is 9.88 Å². The number of likely N-dealkylation sites (tertiary alicyclic amines) is 1. The zero-order valence-corrected chi connectivity index (χ0v) is 20.1. The van der Waals surface area contributed by atoms with E-state index < -0.39 is 17.4 Å². The Hall–Kier alpha value is -3.32. The van der Waals surface area contributed by atoms with Crippen molar-refractivity contribution in [1.29, 1.82) is 0 Å². The van der Waals surface area contributed by atoms with Crippen LogP contribution in [-0.4, -0.2) is 39.5 Å². The summed E-state index contributed by atoms with van der Waals surface area (Å²) in [6.45, 7) is 6.11. The van der Waals surface area contributed by atoms with Gasteiger partial charge in [-0.15, -0.1) is 0 Å². The number of benzene rings is 2. The first kappa shape index (κ1) is 23.8. The molecule has 0 radical (unpaired) electrons. The van der Waals surface area contributed by atoms with E-state index in [0.29, 0.717) is 47.5 Å². The number of aliphatic carboxylic acids is 1. The fraction of sp³-hybridized carbons (Fsp3) is 0.346. The van der Waals surface area contributed by atoms with Crippen molar-refractivity contribution in [2.45, 2.75) is 51.7 Å². The number of ether oxygens (including phenoxy) is 1. The molecule has 1 saturated heterocycles. The number of halogens is 1. The number of oxazole rings is 1. The van der Waals surface area contributed by atoms with E-state index in [1.807, 2.05) is 57.2 Å². The van der Waals surface area contributed by atoms with Crippen molar-refractivity contribution in [3.63, 3.8) is 0 Å². The van der Waals surface area contributed by atoms with Crippen molar-refractivity contribution in [3.05, 3.63) is 70.6 Å². The second kappa shape index (κ2) is 9.50. The van der Waals surface area contributed by atoms with Crippen LogP contribution in [0.2, 0.25) is 5.02 Å². The maximum absolute atomic E-state index is 13.3. The van der Waals surface area contributed by atoms with Crippen LogP contribution < -0.4 is 4.74 Å². The van der Waals surface area contributed by atoms with Crippen LogP contribution in [0, 0.1) is 6.92 Å². The Kier molecular flexibility index (Phi) is 6.66. The third-order valence-corrected chi connectivity index (χ3v) is 6.50. The fourth-order valence-corrected chi connectivity index (χ4v) is 4.28. The number of hydrogen-bond acceptors (Lipinski definition) is 5. The first-order valence-corrected chi connectivity index (χ1v) is 11.5. The highest BCUT2D eigenvalue weighted by molar-refractivity contribution is 6.30. The van der Waals surface area contributed by atoms with E-state index >= 15 is 0 Å². The van der Waals surface area contributed by atoms with Crippen LogP contribution >= 0.6 is 11.6 Å². The van der Waals surface area contributed by atoms with Gasteiger partial charge in [-0.2, -0.15) is 0 Å². The van der Waals surface area contributed by atoms with Gasteiger partial charge in [-0.25, -0.2) is 9.78 Å². The van der Waals surface area contributed by atoms with Gasteiger partial charge in [-0.05, 0) is 75.6 Å². The molecule has 1 unspecified atom stereocenters. The number of carbonyl (C=O) groups excluding carboxylic acids is 1. The van der Waals surface area contributed by atoms with E-state index in [1.165, 1.54) is 4.90 Å². The quantitative estimate of drug-likeness (QED) is 0.495.